The van der Waals surface area contributed by atoms with Gasteiger partial charge in [0.25, 0.3) is 5.69 Å². The SMILES string of the molecule is Cc1c(=O)[nH]c2ccccc2[n+]1[O-]. The van der Waals surface area contributed by atoms with Gasteiger partial charge in [-0.15, -0.1) is 0 Å². The zero-order valence-corrected chi connectivity index (χ0v) is 7.07. The molecule has 0 saturated heterocycles. The molecule has 0 saturated carbocycles. The van der Waals surface area contributed by atoms with E-state index in [-0.39, 0.29) is 11.3 Å². The van der Waals surface area contributed by atoms with Crippen molar-refractivity contribution in [1.82, 2.24) is 4.98 Å². The molecule has 0 fully saturated rings. The second kappa shape index (κ2) is 2.58. The maximum atomic E-state index is 11.4. The number of rotatable bonds is 0. The Morgan fingerprint density at radius 2 is 2.08 bits per heavy atom. The van der Waals surface area contributed by atoms with Crippen LogP contribution in [0, 0.1) is 12.1 Å². The Kier molecular flexibility index (Phi) is 1.55. The molecule has 0 bridgehead atoms. The first-order chi connectivity index (χ1) is 6.20. The number of nitrogens with zero attached hydrogens (tertiary/aromatic N) is 1. The van der Waals surface area contributed by atoms with E-state index >= 15 is 0 Å². The smallest absolute Gasteiger partial charge is 0.317 e. The van der Waals surface area contributed by atoms with Crippen molar-refractivity contribution in [3.8, 4) is 0 Å². The van der Waals surface area contributed by atoms with Crippen LogP contribution in [0.2, 0.25) is 0 Å². The number of hydrogen-bond acceptors (Lipinski definition) is 2. The maximum Gasteiger partial charge on any atom is 0.317 e. The lowest BCUT2D eigenvalue weighted by molar-refractivity contribution is -0.585. The minimum atomic E-state index is -0.339. The van der Waals surface area contributed by atoms with Crippen molar-refractivity contribution in [1.29, 1.82) is 0 Å². The van der Waals surface area contributed by atoms with Gasteiger partial charge in [0.05, 0.1) is 0 Å². The summed E-state index contributed by atoms with van der Waals surface area (Å²) in [4.78, 5) is 13.8. The fourth-order valence-electron chi connectivity index (χ4n) is 1.24. The molecule has 0 aliphatic heterocycles. The van der Waals surface area contributed by atoms with Crippen molar-refractivity contribution < 1.29 is 4.73 Å². The van der Waals surface area contributed by atoms with E-state index in [1.807, 2.05) is 0 Å². The van der Waals surface area contributed by atoms with Crippen LogP contribution in [-0.4, -0.2) is 4.98 Å². The molecule has 1 N–H and O–H groups in total. The third kappa shape index (κ3) is 1.07. The topological polar surface area (TPSA) is 59.8 Å². The molecule has 0 radical (unpaired) electrons. The van der Waals surface area contributed by atoms with Gasteiger partial charge in [-0.05, 0) is 6.07 Å². The molecule has 2 aromatic rings. The van der Waals surface area contributed by atoms with Crippen LogP contribution in [0.3, 0.4) is 0 Å². The highest BCUT2D eigenvalue weighted by molar-refractivity contribution is 5.70. The van der Waals surface area contributed by atoms with Crippen molar-refractivity contribution in [3.05, 3.63) is 45.5 Å². The van der Waals surface area contributed by atoms with Gasteiger partial charge in [-0.2, -0.15) is 4.73 Å². The first-order valence-electron chi connectivity index (χ1n) is 3.91. The van der Waals surface area contributed by atoms with Crippen LogP contribution in [0.5, 0.6) is 0 Å². The summed E-state index contributed by atoms with van der Waals surface area (Å²) in [6, 6.07) is 6.90. The predicted molar refractivity (Wildman–Crippen MR) is 48.3 cm³/mol. The zero-order valence-electron chi connectivity index (χ0n) is 7.07. The third-order valence-electron chi connectivity index (χ3n) is 2.00. The van der Waals surface area contributed by atoms with E-state index in [0.717, 1.165) is 0 Å². The average Bonchev–Trinajstić information content (AvgIpc) is 2.15. The Morgan fingerprint density at radius 1 is 1.38 bits per heavy atom. The third-order valence-corrected chi connectivity index (χ3v) is 2.00. The van der Waals surface area contributed by atoms with Crippen LogP contribution in [0.15, 0.2) is 29.1 Å². The van der Waals surface area contributed by atoms with Gasteiger partial charge in [0, 0.05) is 13.0 Å². The highest BCUT2D eigenvalue weighted by atomic mass is 16.5. The van der Waals surface area contributed by atoms with Gasteiger partial charge in [0.15, 0.2) is 0 Å². The van der Waals surface area contributed by atoms with Crippen LogP contribution in [0.25, 0.3) is 11.0 Å². The molecule has 1 aromatic carbocycles. The van der Waals surface area contributed by atoms with E-state index < -0.39 is 0 Å². The second-order valence-electron chi connectivity index (χ2n) is 2.85. The first kappa shape index (κ1) is 7.79. The molecular formula is C9H8N2O2. The minimum Gasteiger partial charge on any atom is -0.618 e. The van der Waals surface area contributed by atoms with Gasteiger partial charge in [-0.3, -0.25) is 4.79 Å². The fraction of sp³-hybridized carbons (Fsp3) is 0.111. The van der Waals surface area contributed by atoms with E-state index in [9.17, 15) is 10.0 Å². The molecule has 1 aromatic heterocycles. The van der Waals surface area contributed by atoms with Gasteiger partial charge in [0.1, 0.15) is 5.52 Å². The van der Waals surface area contributed by atoms with Crippen LogP contribution < -0.4 is 10.3 Å². The molecule has 1 heterocycles. The zero-order chi connectivity index (χ0) is 9.42. The number of H-pyrrole nitrogens is 1. The Bertz CT molecular complexity index is 516. The van der Waals surface area contributed by atoms with E-state index in [4.69, 9.17) is 0 Å². The number of para-hydroxylation sites is 2. The summed E-state index contributed by atoms with van der Waals surface area (Å²) in [5.41, 5.74) is 0.875. The van der Waals surface area contributed by atoms with Crippen molar-refractivity contribution in [2.24, 2.45) is 0 Å². The average molecular weight is 176 g/mol. The van der Waals surface area contributed by atoms with Crippen LogP contribution >= 0.6 is 0 Å². The summed E-state index contributed by atoms with van der Waals surface area (Å²) in [7, 11) is 0. The minimum absolute atomic E-state index is 0.165. The number of aromatic amines is 1. The lowest BCUT2D eigenvalue weighted by atomic mass is 10.3. The quantitative estimate of drug-likeness (QED) is 0.468. The van der Waals surface area contributed by atoms with Gasteiger partial charge in [0.2, 0.25) is 5.52 Å². The first-order valence-corrected chi connectivity index (χ1v) is 3.91. The van der Waals surface area contributed by atoms with Gasteiger partial charge in [-0.1, -0.05) is 12.1 Å². The molecular weight excluding hydrogens is 168 g/mol. The Balaban J connectivity index is 3.02. The van der Waals surface area contributed by atoms with E-state index in [1.165, 1.54) is 6.92 Å². The van der Waals surface area contributed by atoms with Gasteiger partial charge >= 0.3 is 5.56 Å². The molecule has 66 valence electrons. The van der Waals surface area contributed by atoms with E-state index in [0.29, 0.717) is 15.8 Å². The highest BCUT2D eigenvalue weighted by Crippen LogP contribution is 2.03. The maximum absolute atomic E-state index is 11.4. The summed E-state index contributed by atoms with van der Waals surface area (Å²) in [6.45, 7) is 1.50. The Hall–Kier alpha value is -1.84. The second-order valence-corrected chi connectivity index (χ2v) is 2.85. The molecule has 4 heteroatoms. The molecule has 2 rings (SSSR count). The Labute approximate surface area is 74.0 Å². The van der Waals surface area contributed by atoms with Gasteiger partial charge < -0.3 is 10.2 Å². The lowest BCUT2D eigenvalue weighted by Gasteiger charge is -2.02. The summed E-state index contributed by atoms with van der Waals surface area (Å²) >= 11 is 0. The van der Waals surface area contributed by atoms with E-state index in [2.05, 4.69) is 4.98 Å². The number of fused-ring (bicyclic) bond motifs is 1. The van der Waals surface area contributed by atoms with Gasteiger partial charge in [-0.25, -0.2) is 0 Å². The molecule has 0 amide bonds. The van der Waals surface area contributed by atoms with Crippen molar-refractivity contribution in [3.63, 3.8) is 0 Å². The molecule has 4 nitrogen and oxygen atoms in total. The summed E-state index contributed by atoms with van der Waals surface area (Å²) in [5.74, 6) is 0. The molecule has 0 spiro atoms. The normalized spacial score (nSPS) is 10.5. The molecule has 0 aliphatic carbocycles. The van der Waals surface area contributed by atoms with Crippen LogP contribution in [0.4, 0.5) is 0 Å². The van der Waals surface area contributed by atoms with E-state index in [1.54, 1.807) is 24.3 Å². The summed E-state index contributed by atoms with van der Waals surface area (Å²) in [6.07, 6.45) is 0. The molecule has 0 aliphatic rings. The number of aromatic nitrogens is 2. The monoisotopic (exact) mass is 176 g/mol. The largest absolute Gasteiger partial charge is 0.618 e. The van der Waals surface area contributed by atoms with Crippen LogP contribution in [0.1, 0.15) is 5.69 Å². The number of benzene rings is 1. The molecule has 0 atom stereocenters. The fourth-order valence-corrected chi connectivity index (χ4v) is 1.24. The number of nitrogens with one attached hydrogen (secondary N) is 1. The molecule has 13 heavy (non-hydrogen) atoms. The lowest BCUT2D eigenvalue weighted by Crippen LogP contribution is -2.38. The Morgan fingerprint density at radius 3 is 2.85 bits per heavy atom. The van der Waals surface area contributed by atoms with Crippen LogP contribution in [-0.2, 0) is 0 Å². The summed E-state index contributed by atoms with van der Waals surface area (Å²) < 4.78 is 0.647. The standard InChI is InChI=1S/C9H8N2O2/c1-6-9(12)10-7-4-2-3-5-8(7)11(6)13/h2-5H,1H3,(H,10,12). The van der Waals surface area contributed by atoms with Crippen molar-refractivity contribution in [2.45, 2.75) is 6.92 Å². The highest BCUT2D eigenvalue weighted by Gasteiger charge is 2.09. The molecule has 0 unspecified atom stereocenters. The predicted octanol–water partition coefficient (Wildman–Crippen LogP) is 0.470. The summed E-state index contributed by atoms with van der Waals surface area (Å²) in [5, 5.41) is 11.4. The number of hydrogen-bond donors (Lipinski definition) is 1. The van der Waals surface area contributed by atoms with Crippen molar-refractivity contribution >= 4 is 11.0 Å². The van der Waals surface area contributed by atoms with Crippen molar-refractivity contribution in [2.75, 3.05) is 0 Å².